The Bertz CT molecular complexity index is 579. The molecule has 5 nitrogen and oxygen atoms in total. The molecule has 0 unspecified atom stereocenters. The zero-order valence-corrected chi connectivity index (χ0v) is 12.9. The van der Waals surface area contributed by atoms with Gasteiger partial charge in [0, 0.05) is 24.7 Å². The van der Waals surface area contributed by atoms with Crippen LogP contribution in [-0.4, -0.2) is 33.0 Å². The minimum atomic E-state index is -3.65. The molecular formula is C14H22FN3O2S. The second-order valence-corrected chi connectivity index (χ2v) is 6.97. The van der Waals surface area contributed by atoms with Crippen molar-refractivity contribution in [1.82, 2.24) is 9.62 Å². The standard InChI is InChI=1S/C14H22FN3O2S/c1-11(13-6-2-3-7-14(13)15)18-8-4-5-12(10-18)9-17-21(16,19)20/h2-3,6-7,11-12,17H,4-5,8-10H2,1H3,(H2,16,19,20)/t11-,12-/m1/s1. The summed E-state index contributed by atoms with van der Waals surface area (Å²) in [6.07, 6.45) is 1.92. The third kappa shape index (κ3) is 4.74. The summed E-state index contributed by atoms with van der Waals surface area (Å²) in [4.78, 5) is 2.19. The average molecular weight is 315 g/mol. The lowest BCUT2D eigenvalue weighted by Gasteiger charge is -2.37. The number of hydrogen-bond acceptors (Lipinski definition) is 3. The van der Waals surface area contributed by atoms with Gasteiger partial charge in [-0.2, -0.15) is 8.42 Å². The molecule has 0 saturated carbocycles. The lowest BCUT2D eigenvalue weighted by molar-refractivity contribution is 0.131. The van der Waals surface area contributed by atoms with Crippen LogP contribution in [0.1, 0.15) is 31.4 Å². The molecule has 0 aliphatic carbocycles. The zero-order chi connectivity index (χ0) is 15.5. The molecule has 2 atom stereocenters. The van der Waals surface area contributed by atoms with E-state index in [1.165, 1.54) is 6.07 Å². The third-order valence-electron chi connectivity index (χ3n) is 4.03. The van der Waals surface area contributed by atoms with Gasteiger partial charge in [0.05, 0.1) is 0 Å². The summed E-state index contributed by atoms with van der Waals surface area (Å²) in [5.74, 6) is 0.00100. The summed E-state index contributed by atoms with van der Waals surface area (Å²) in [5.41, 5.74) is 0.678. The first-order valence-electron chi connectivity index (χ1n) is 7.12. The predicted octanol–water partition coefficient (Wildman–Crippen LogP) is 1.39. The molecule has 118 valence electrons. The Morgan fingerprint density at radius 1 is 1.48 bits per heavy atom. The first-order chi connectivity index (χ1) is 9.87. The monoisotopic (exact) mass is 315 g/mol. The number of nitrogens with zero attached hydrogens (tertiary/aromatic N) is 1. The summed E-state index contributed by atoms with van der Waals surface area (Å²) < 4.78 is 38.1. The second-order valence-electron chi connectivity index (χ2n) is 5.59. The molecule has 0 bridgehead atoms. The van der Waals surface area contributed by atoms with Crippen LogP contribution in [0.2, 0.25) is 0 Å². The van der Waals surface area contributed by atoms with E-state index in [2.05, 4.69) is 9.62 Å². The number of nitrogens with one attached hydrogen (secondary N) is 1. The highest BCUT2D eigenvalue weighted by Crippen LogP contribution is 2.27. The van der Waals surface area contributed by atoms with E-state index in [1.807, 2.05) is 13.0 Å². The highest BCUT2D eigenvalue weighted by molar-refractivity contribution is 7.87. The van der Waals surface area contributed by atoms with Gasteiger partial charge in [0.15, 0.2) is 0 Å². The van der Waals surface area contributed by atoms with Gasteiger partial charge in [-0.15, -0.1) is 0 Å². The Hall–Kier alpha value is -1.02. The molecule has 1 saturated heterocycles. The maximum atomic E-state index is 13.9. The minimum absolute atomic E-state index is 0.0246. The summed E-state index contributed by atoms with van der Waals surface area (Å²) in [6, 6.07) is 6.75. The first kappa shape index (κ1) is 16.4. The summed E-state index contributed by atoms with van der Waals surface area (Å²) in [6.45, 7) is 3.94. The Balaban J connectivity index is 1.99. The highest BCUT2D eigenvalue weighted by atomic mass is 32.2. The van der Waals surface area contributed by atoms with Crippen molar-refractivity contribution in [1.29, 1.82) is 0 Å². The normalized spacial score (nSPS) is 22.1. The maximum Gasteiger partial charge on any atom is 0.274 e. The maximum absolute atomic E-state index is 13.9. The van der Waals surface area contributed by atoms with Crippen LogP contribution in [0.3, 0.4) is 0 Å². The van der Waals surface area contributed by atoms with Crippen molar-refractivity contribution in [3.05, 3.63) is 35.6 Å². The number of benzene rings is 1. The number of likely N-dealkylation sites (tertiary alicyclic amines) is 1. The molecule has 2 rings (SSSR count). The number of piperidine rings is 1. The van der Waals surface area contributed by atoms with E-state index in [9.17, 15) is 12.8 Å². The Kier molecular flexibility index (Phi) is 5.32. The van der Waals surface area contributed by atoms with Crippen LogP contribution in [0.15, 0.2) is 24.3 Å². The van der Waals surface area contributed by atoms with Gasteiger partial charge in [-0.3, -0.25) is 4.90 Å². The largest absolute Gasteiger partial charge is 0.296 e. The molecule has 1 aromatic carbocycles. The van der Waals surface area contributed by atoms with Crippen molar-refractivity contribution in [2.75, 3.05) is 19.6 Å². The SMILES string of the molecule is C[C@H](c1ccccc1F)N1CCC[C@H](CNS(N)(=O)=O)C1. The fourth-order valence-corrected chi connectivity index (χ4v) is 3.33. The Morgan fingerprint density at radius 2 is 2.19 bits per heavy atom. The molecular weight excluding hydrogens is 293 g/mol. The van der Waals surface area contributed by atoms with Gasteiger partial charge >= 0.3 is 0 Å². The molecule has 0 aromatic heterocycles. The van der Waals surface area contributed by atoms with Crippen molar-refractivity contribution in [3.63, 3.8) is 0 Å². The van der Waals surface area contributed by atoms with E-state index in [0.29, 0.717) is 12.1 Å². The van der Waals surface area contributed by atoms with Crippen LogP contribution in [-0.2, 0) is 10.2 Å². The fourth-order valence-electron chi connectivity index (χ4n) is 2.86. The summed E-state index contributed by atoms with van der Waals surface area (Å²) in [5, 5.41) is 4.96. The Morgan fingerprint density at radius 3 is 2.86 bits per heavy atom. The Labute approximate surface area is 125 Å². The van der Waals surface area contributed by atoms with Crippen LogP contribution >= 0.6 is 0 Å². The van der Waals surface area contributed by atoms with E-state index < -0.39 is 10.2 Å². The van der Waals surface area contributed by atoms with E-state index >= 15 is 0 Å². The van der Waals surface area contributed by atoms with E-state index in [1.54, 1.807) is 12.1 Å². The van der Waals surface area contributed by atoms with Gasteiger partial charge < -0.3 is 0 Å². The van der Waals surface area contributed by atoms with Crippen LogP contribution < -0.4 is 9.86 Å². The summed E-state index contributed by atoms with van der Waals surface area (Å²) in [7, 11) is -3.65. The smallest absolute Gasteiger partial charge is 0.274 e. The van der Waals surface area contributed by atoms with Gasteiger partial charge in [-0.05, 0) is 38.3 Å². The molecule has 7 heteroatoms. The molecule has 1 fully saturated rings. The van der Waals surface area contributed by atoms with Crippen molar-refractivity contribution in [3.8, 4) is 0 Å². The van der Waals surface area contributed by atoms with Crippen molar-refractivity contribution in [2.45, 2.75) is 25.8 Å². The molecule has 0 radical (unpaired) electrons. The average Bonchev–Trinajstić information content (AvgIpc) is 2.44. The van der Waals surface area contributed by atoms with E-state index in [0.717, 1.165) is 25.9 Å². The van der Waals surface area contributed by atoms with Gasteiger partial charge in [-0.25, -0.2) is 14.3 Å². The van der Waals surface area contributed by atoms with Crippen LogP contribution in [0, 0.1) is 11.7 Å². The fraction of sp³-hybridized carbons (Fsp3) is 0.571. The van der Waals surface area contributed by atoms with E-state index in [4.69, 9.17) is 5.14 Å². The minimum Gasteiger partial charge on any atom is -0.296 e. The van der Waals surface area contributed by atoms with Gasteiger partial charge in [0.2, 0.25) is 0 Å². The van der Waals surface area contributed by atoms with Crippen LogP contribution in [0.5, 0.6) is 0 Å². The zero-order valence-electron chi connectivity index (χ0n) is 12.1. The first-order valence-corrected chi connectivity index (χ1v) is 8.67. The molecule has 1 aliphatic rings. The van der Waals surface area contributed by atoms with Gasteiger partial charge in [-0.1, -0.05) is 18.2 Å². The quantitative estimate of drug-likeness (QED) is 0.862. The summed E-state index contributed by atoms with van der Waals surface area (Å²) >= 11 is 0. The number of halogens is 1. The van der Waals surface area contributed by atoms with Crippen molar-refractivity contribution < 1.29 is 12.8 Å². The van der Waals surface area contributed by atoms with Crippen molar-refractivity contribution >= 4 is 10.2 Å². The van der Waals surface area contributed by atoms with Gasteiger partial charge in [0.25, 0.3) is 10.2 Å². The molecule has 1 aromatic rings. The lowest BCUT2D eigenvalue weighted by Crippen LogP contribution is -2.43. The molecule has 1 aliphatic heterocycles. The van der Waals surface area contributed by atoms with E-state index in [-0.39, 0.29) is 17.8 Å². The molecule has 0 spiro atoms. The molecule has 0 amide bonds. The highest BCUT2D eigenvalue weighted by Gasteiger charge is 2.26. The van der Waals surface area contributed by atoms with Crippen molar-refractivity contribution in [2.24, 2.45) is 11.1 Å². The number of rotatable bonds is 5. The number of nitrogens with two attached hydrogens (primary N) is 1. The molecule has 21 heavy (non-hydrogen) atoms. The van der Waals surface area contributed by atoms with Crippen LogP contribution in [0.25, 0.3) is 0 Å². The van der Waals surface area contributed by atoms with Crippen LogP contribution in [0.4, 0.5) is 4.39 Å². The van der Waals surface area contributed by atoms with Gasteiger partial charge in [0.1, 0.15) is 5.82 Å². The molecule has 1 heterocycles. The number of hydrogen-bond donors (Lipinski definition) is 2. The lowest BCUT2D eigenvalue weighted by atomic mass is 9.95. The predicted molar refractivity (Wildman–Crippen MR) is 80.2 cm³/mol. The topological polar surface area (TPSA) is 75.4 Å². The molecule has 3 N–H and O–H groups in total. The third-order valence-corrected chi connectivity index (χ3v) is 4.60. The second kappa shape index (κ2) is 6.83.